The Hall–Kier alpha value is -0.510. The Morgan fingerprint density at radius 1 is 1.44 bits per heavy atom. The van der Waals surface area contributed by atoms with Crippen LogP contribution in [0.15, 0.2) is 12.3 Å². The molecule has 1 unspecified atom stereocenters. The van der Waals surface area contributed by atoms with Crippen LogP contribution in [0.25, 0.3) is 0 Å². The predicted octanol–water partition coefficient (Wildman–Crippen LogP) is 3.17. The van der Waals surface area contributed by atoms with E-state index in [9.17, 15) is 0 Å². The summed E-state index contributed by atoms with van der Waals surface area (Å²) in [5.41, 5.74) is 5.69. The van der Waals surface area contributed by atoms with Gasteiger partial charge in [0, 0.05) is 18.8 Å². The number of pyridine rings is 1. The van der Waals surface area contributed by atoms with Crippen LogP contribution >= 0.6 is 23.2 Å². The van der Waals surface area contributed by atoms with E-state index in [0.29, 0.717) is 28.3 Å². The number of nitrogens with one attached hydrogen (secondary N) is 1. The summed E-state index contributed by atoms with van der Waals surface area (Å²) in [6, 6.07) is 1.85. The van der Waals surface area contributed by atoms with Gasteiger partial charge in [0.2, 0.25) is 0 Å². The molecule has 5 heteroatoms. The van der Waals surface area contributed by atoms with Crippen molar-refractivity contribution in [3.63, 3.8) is 0 Å². The molecule has 0 aliphatic heterocycles. The molecule has 1 rings (SSSR count). The summed E-state index contributed by atoms with van der Waals surface area (Å²) >= 11 is 11.8. The lowest BCUT2D eigenvalue weighted by Crippen LogP contribution is -2.30. The fraction of sp³-hybridized carbons (Fsp3) is 0.545. The molecule has 0 aliphatic rings. The third kappa shape index (κ3) is 4.16. The lowest BCUT2D eigenvalue weighted by atomic mass is 10.0. The topological polar surface area (TPSA) is 50.9 Å². The van der Waals surface area contributed by atoms with Crippen molar-refractivity contribution in [2.75, 3.05) is 11.9 Å². The fourth-order valence-electron chi connectivity index (χ4n) is 1.50. The molecule has 0 aromatic carbocycles. The maximum absolute atomic E-state index is 6.02. The number of anilines is 1. The number of nitrogens with two attached hydrogens (primary N) is 1. The highest BCUT2D eigenvalue weighted by Crippen LogP contribution is 2.23. The summed E-state index contributed by atoms with van der Waals surface area (Å²) in [4.78, 5) is 4.14. The summed E-state index contributed by atoms with van der Waals surface area (Å²) < 4.78 is 0. The smallest absolute Gasteiger partial charge is 0.145 e. The molecule has 0 spiro atoms. The second kappa shape index (κ2) is 6.28. The van der Waals surface area contributed by atoms with Crippen molar-refractivity contribution in [3.05, 3.63) is 22.3 Å². The second-order valence-corrected chi connectivity index (χ2v) is 5.03. The van der Waals surface area contributed by atoms with Gasteiger partial charge in [0.05, 0.1) is 10.0 Å². The van der Waals surface area contributed by atoms with Crippen LogP contribution < -0.4 is 11.1 Å². The zero-order valence-corrected chi connectivity index (χ0v) is 11.0. The minimum Gasteiger partial charge on any atom is -0.365 e. The number of hydrogen-bond donors (Lipinski definition) is 2. The van der Waals surface area contributed by atoms with Gasteiger partial charge in [0.1, 0.15) is 5.82 Å². The van der Waals surface area contributed by atoms with E-state index >= 15 is 0 Å². The van der Waals surface area contributed by atoms with E-state index in [4.69, 9.17) is 28.9 Å². The van der Waals surface area contributed by atoms with Crippen molar-refractivity contribution in [2.24, 2.45) is 11.7 Å². The largest absolute Gasteiger partial charge is 0.365 e. The highest BCUT2D eigenvalue weighted by molar-refractivity contribution is 6.35. The van der Waals surface area contributed by atoms with Crippen LogP contribution in [0.2, 0.25) is 10.0 Å². The normalized spacial score (nSPS) is 12.9. The first-order valence-electron chi connectivity index (χ1n) is 5.30. The Morgan fingerprint density at radius 3 is 2.62 bits per heavy atom. The van der Waals surface area contributed by atoms with Crippen molar-refractivity contribution in [2.45, 2.75) is 26.3 Å². The Labute approximate surface area is 106 Å². The van der Waals surface area contributed by atoms with Gasteiger partial charge in [0.25, 0.3) is 0 Å². The average Bonchev–Trinajstić information content (AvgIpc) is 2.20. The van der Waals surface area contributed by atoms with Gasteiger partial charge in [-0.25, -0.2) is 4.98 Å². The van der Waals surface area contributed by atoms with Gasteiger partial charge in [-0.05, 0) is 18.4 Å². The van der Waals surface area contributed by atoms with Crippen LogP contribution in [-0.4, -0.2) is 17.6 Å². The van der Waals surface area contributed by atoms with Crippen LogP contribution in [0.5, 0.6) is 0 Å². The van der Waals surface area contributed by atoms with E-state index in [1.807, 2.05) is 0 Å². The predicted molar refractivity (Wildman–Crippen MR) is 70.2 cm³/mol. The Morgan fingerprint density at radius 2 is 2.12 bits per heavy atom. The van der Waals surface area contributed by atoms with E-state index < -0.39 is 0 Å². The van der Waals surface area contributed by atoms with Gasteiger partial charge in [-0.1, -0.05) is 37.0 Å². The number of aromatic nitrogens is 1. The maximum Gasteiger partial charge on any atom is 0.145 e. The summed E-state index contributed by atoms with van der Waals surface area (Å²) in [5, 5.41) is 4.28. The number of rotatable bonds is 5. The minimum absolute atomic E-state index is 0.186. The summed E-state index contributed by atoms with van der Waals surface area (Å²) in [5.74, 6) is 1.22. The molecule has 3 N–H and O–H groups in total. The molecule has 0 saturated carbocycles. The summed E-state index contributed by atoms with van der Waals surface area (Å²) in [7, 11) is 0. The quantitative estimate of drug-likeness (QED) is 0.856. The third-order valence-corrected chi connectivity index (χ3v) is 2.68. The molecule has 1 atom stereocenters. The molecule has 0 radical (unpaired) electrons. The highest BCUT2D eigenvalue weighted by Gasteiger charge is 2.11. The SMILES string of the molecule is CC(C)CC(CN)Nc1ncc(Cl)cc1Cl. The monoisotopic (exact) mass is 261 g/mol. The van der Waals surface area contributed by atoms with Gasteiger partial charge in [-0.3, -0.25) is 0 Å². The van der Waals surface area contributed by atoms with Crippen molar-refractivity contribution in [3.8, 4) is 0 Å². The molecule has 1 aromatic rings. The maximum atomic E-state index is 6.02. The van der Waals surface area contributed by atoms with Crippen LogP contribution in [-0.2, 0) is 0 Å². The zero-order chi connectivity index (χ0) is 12.1. The molecule has 0 saturated heterocycles. The molecule has 0 bridgehead atoms. The van der Waals surface area contributed by atoms with E-state index in [0.717, 1.165) is 6.42 Å². The first kappa shape index (κ1) is 13.6. The number of hydrogen-bond acceptors (Lipinski definition) is 3. The molecule has 0 aliphatic carbocycles. The highest BCUT2D eigenvalue weighted by atomic mass is 35.5. The molecule has 1 aromatic heterocycles. The molecule has 0 amide bonds. The van der Waals surface area contributed by atoms with E-state index in [1.165, 1.54) is 0 Å². The van der Waals surface area contributed by atoms with E-state index in [2.05, 4.69) is 24.1 Å². The zero-order valence-electron chi connectivity index (χ0n) is 9.50. The van der Waals surface area contributed by atoms with Crippen molar-refractivity contribution in [1.29, 1.82) is 0 Å². The Balaban J connectivity index is 2.70. The molecule has 16 heavy (non-hydrogen) atoms. The molecule has 90 valence electrons. The van der Waals surface area contributed by atoms with Gasteiger partial charge in [-0.15, -0.1) is 0 Å². The van der Waals surface area contributed by atoms with E-state index in [1.54, 1.807) is 12.3 Å². The molecular formula is C11H17Cl2N3. The molecule has 0 fully saturated rings. The van der Waals surface area contributed by atoms with Gasteiger partial charge in [0.15, 0.2) is 0 Å². The summed E-state index contributed by atoms with van der Waals surface area (Å²) in [6.45, 7) is 4.86. The van der Waals surface area contributed by atoms with Gasteiger partial charge in [-0.2, -0.15) is 0 Å². The number of halogens is 2. The lowest BCUT2D eigenvalue weighted by Gasteiger charge is -2.19. The first-order chi connectivity index (χ1) is 7.52. The lowest BCUT2D eigenvalue weighted by molar-refractivity contribution is 0.521. The standard InChI is InChI=1S/C11H17Cl2N3/c1-7(2)3-9(5-14)16-11-10(13)4-8(12)6-15-11/h4,6-7,9H,3,5,14H2,1-2H3,(H,15,16). The average molecular weight is 262 g/mol. The van der Waals surface area contributed by atoms with Gasteiger partial charge >= 0.3 is 0 Å². The summed E-state index contributed by atoms with van der Waals surface area (Å²) in [6.07, 6.45) is 2.55. The van der Waals surface area contributed by atoms with Crippen LogP contribution in [0.4, 0.5) is 5.82 Å². The Kier molecular flexibility index (Phi) is 5.32. The number of nitrogens with zero attached hydrogens (tertiary/aromatic N) is 1. The van der Waals surface area contributed by atoms with Crippen molar-refractivity contribution >= 4 is 29.0 Å². The molecule has 3 nitrogen and oxygen atoms in total. The van der Waals surface area contributed by atoms with Crippen molar-refractivity contribution < 1.29 is 0 Å². The van der Waals surface area contributed by atoms with E-state index in [-0.39, 0.29) is 6.04 Å². The third-order valence-electron chi connectivity index (χ3n) is 2.19. The fourth-order valence-corrected chi connectivity index (χ4v) is 1.93. The molecule has 1 heterocycles. The first-order valence-corrected chi connectivity index (χ1v) is 6.06. The van der Waals surface area contributed by atoms with Gasteiger partial charge < -0.3 is 11.1 Å². The second-order valence-electron chi connectivity index (χ2n) is 4.19. The minimum atomic E-state index is 0.186. The van der Waals surface area contributed by atoms with Crippen molar-refractivity contribution in [1.82, 2.24) is 4.98 Å². The Bertz CT molecular complexity index is 342. The molecular weight excluding hydrogens is 245 g/mol. The van der Waals surface area contributed by atoms with Crippen LogP contribution in [0.3, 0.4) is 0 Å². The van der Waals surface area contributed by atoms with Crippen LogP contribution in [0, 0.1) is 5.92 Å². The van der Waals surface area contributed by atoms with Crippen LogP contribution in [0.1, 0.15) is 20.3 Å².